The van der Waals surface area contributed by atoms with Gasteiger partial charge in [0, 0.05) is 11.6 Å². The minimum Gasteiger partial charge on any atom is -0.393 e. The molecule has 0 fully saturated rings. The van der Waals surface area contributed by atoms with Gasteiger partial charge >= 0.3 is 0 Å². The van der Waals surface area contributed by atoms with Crippen molar-refractivity contribution in [2.45, 2.75) is 25.9 Å². The topological polar surface area (TPSA) is 20.2 Å². The van der Waals surface area contributed by atoms with Gasteiger partial charge in [-0.2, -0.15) is 0 Å². The van der Waals surface area contributed by atoms with E-state index in [-0.39, 0.29) is 18.9 Å². The summed E-state index contributed by atoms with van der Waals surface area (Å²) >= 11 is 0. The molecule has 84 valence electrons. The average Bonchev–Trinajstić information content (AvgIpc) is 2.14. The molecule has 1 rings (SSSR count). The van der Waals surface area contributed by atoms with Gasteiger partial charge in [-0.15, -0.1) is 0 Å². The summed E-state index contributed by atoms with van der Waals surface area (Å²) in [6.07, 6.45) is -0.990. The Balaban J connectivity index is 3.04. The fourth-order valence-electron chi connectivity index (χ4n) is 1.20. The minimum absolute atomic E-state index is 0.0384. The lowest BCUT2D eigenvalue weighted by molar-refractivity contribution is 0.184. The highest BCUT2D eigenvalue weighted by atomic mass is 19.2. The van der Waals surface area contributed by atoms with Crippen LogP contribution in [0.2, 0.25) is 0 Å². The fourth-order valence-corrected chi connectivity index (χ4v) is 1.20. The van der Waals surface area contributed by atoms with Gasteiger partial charge in [0.1, 0.15) is 0 Å². The molecule has 0 amide bonds. The Labute approximate surface area is 84.3 Å². The molecule has 1 N–H and O–H groups in total. The first-order valence-electron chi connectivity index (χ1n) is 4.43. The van der Waals surface area contributed by atoms with E-state index in [1.54, 1.807) is 0 Å². The Hall–Kier alpha value is -1.10. The third-order valence-electron chi connectivity index (χ3n) is 2.01. The molecule has 0 spiro atoms. The van der Waals surface area contributed by atoms with Crippen LogP contribution < -0.4 is 0 Å². The molecule has 1 aromatic carbocycles. The van der Waals surface area contributed by atoms with Crippen molar-refractivity contribution in [3.8, 4) is 0 Å². The van der Waals surface area contributed by atoms with Crippen molar-refractivity contribution in [1.82, 2.24) is 0 Å². The maximum Gasteiger partial charge on any atom is 0.165 e. The highest BCUT2D eigenvalue weighted by molar-refractivity contribution is 5.22. The number of hydrogen-bond acceptors (Lipinski definition) is 1. The zero-order valence-corrected chi connectivity index (χ0v) is 8.03. The molecule has 0 bridgehead atoms. The van der Waals surface area contributed by atoms with Crippen molar-refractivity contribution in [2.75, 3.05) is 0 Å². The van der Waals surface area contributed by atoms with Gasteiger partial charge in [-0.05, 0) is 19.8 Å². The zero-order chi connectivity index (χ0) is 11.6. The summed E-state index contributed by atoms with van der Waals surface area (Å²) in [6.45, 7) is 1.42. The summed E-state index contributed by atoms with van der Waals surface area (Å²) in [5.41, 5.74) is -0.659. The Morgan fingerprint density at radius 3 is 2.00 bits per heavy atom. The normalized spacial score (nSPS) is 12.9. The van der Waals surface area contributed by atoms with Crippen LogP contribution in [0.4, 0.5) is 17.6 Å². The van der Waals surface area contributed by atoms with E-state index < -0.39 is 34.9 Å². The summed E-state index contributed by atoms with van der Waals surface area (Å²) in [6, 6.07) is 0.163. The largest absolute Gasteiger partial charge is 0.393 e. The minimum atomic E-state index is -1.42. The van der Waals surface area contributed by atoms with Crippen LogP contribution in [0.25, 0.3) is 0 Å². The molecule has 1 atom stereocenters. The predicted molar refractivity (Wildman–Crippen MR) is 46.3 cm³/mol. The SMILES string of the molecule is CC(O)CCc1c(F)c(F)cc(F)c1F. The van der Waals surface area contributed by atoms with Crippen molar-refractivity contribution >= 4 is 0 Å². The Morgan fingerprint density at radius 1 is 1.13 bits per heavy atom. The molecule has 0 aliphatic carbocycles. The quantitative estimate of drug-likeness (QED) is 0.615. The van der Waals surface area contributed by atoms with E-state index in [1.165, 1.54) is 6.92 Å². The Kier molecular flexibility index (Phi) is 3.68. The summed E-state index contributed by atoms with van der Waals surface area (Å²) in [4.78, 5) is 0. The first-order valence-corrected chi connectivity index (χ1v) is 4.43. The average molecular weight is 222 g/mol. The molecule has 1 nitrogen and oxygen atoms in total. The molecule has 0 saturated heterocycles. The third-order valence-corrected chi connectivity index (χ3v) is 2.01. The second-order valence-corrected chi connectivity index (χ2v) is 3.33. The molecule has 1 unspecified atom stereocenters. The summed E-state index contributed by atoms with van der Waals surface area (Å²) in [5.74, 6) is -5.63. The van der Waals surface area contributed by atoms with Crippen molar-refractivity contribution in [3.05, 3.63) is 34.9 Å². The van der Waals surface area contributed by atoms with Crippen molar-refractivity contribution in [2.24, 2.45) is 0 Å². The smallest absolute Gasteiger partial charge is 0.165 e. The van der Waals surface area contributed by atoms with Crippen LogP contribution in [0.3, 0.4) is 0 Å². The van der Waals surface area contributed by atoms with E-state index >= 15 is 0 Å². The van der Waals surface area contributed by atoms with Gasteiger partial charge in [0.25, 0.3) is 0 Å². The first kappa shape index (κ1) is 12.0. The lowest BCUT2D eigenvalue weighted by Gasteiger charge is -2.08. The number of aliphatic hydroxyl groups excluding tert-OH is 1. The molecule has 0 aliphatic heterocycles. The van der Waals surface area contributed by atoms with Gasteiger partial charge in [0.15, 0.2) is 23.3 Å². The van der Waals surface area contributed by atoms with Crippen LogP contribution in [0.5, 0.6) is 0 Å². The van der Waals surface area contributed by atoms with E-state index in [0.29, 0.717) is 0 Å². The van der Waals surface area contributed by atoms with Gasteiger partial charge in [-0.3, -0.25) is 0 Å². The van der Waals surface area contributed by atoms with Crippen LogP contribution in [0.1, 0.15) is 18.9 Å². The number of benzene rings is 1. The number of halogens is 4. The van der Waals surface area contributed by atoms with E-state index in [0.717, 1.165) is 0 Å². The molecule has 0 heterocycles. The van der Waals surface area contributed by atoms with Crippen molar-refractivity contribution in [1.29, 1.82) is 0 Å². The second-order valence-electron chi connectivity index (χ2n) is 3.33. The van der Waals surface area contributed by atoms with Crippen LogP contribution in [0.15, 0.2) is 6.07 Å². The van der Waals surface area contributed by atoms with Crippen LogP contribution in [0, 0.1) is 23.3 Å². The lowest BCUT2D eigenvalue weighted by atomic mass is 10.1. The summed E-state index contributed by atoms with van der Waals surface area (Å²) < 4.78 is 51.5. The number of hydrogen-bond donors (Lipinski definition) is 1. The van der Waals surface area contributed by atoms with Gasteiger partial charge in [-0.1, -0.05) is 0 Å². The Bertz CT molecular complexity index is 337. The lowest BCUT2D eigenvalue weighted by Crippen LogP contribution is -2.07. The molecule has 0 radical (unpaired) electrons. The van der Waals surface area contributed by atoms with E-state index in [1.807, 2.05) is 0 Å². The highest BCUT2D eigenvalue weighted by Gasteiger charge is 2.18. The van der Waals surface area contributed by atoms with Gasteiger partial charge in [0.05, 0.1) is 6.10 Å². The van der Waals surface area contributed by atoms with Gasteiger partial charge < -0.3 is 5.11 Å². The van der Waals surface area contributed by atoms with E-state index in [4.69, 9.17) is 5.11 Å². The molecular formula is C10H10F4O. The molecular weight excluding hydrogens is 212 g/mol. The molecule has 0 aliphatic rings. The standard InChI is InChI=1S/C10H10F4O/c1-5(15)2-3-6-9(13)7(11)4-8(12)10(6)14/h4-5,15H,2-3H2,1H3. The first-order chi connectivity index (χ1) is 6.93. The van der Waals surface area contributed by atoms with E-state index in [9.17, 15) is 17.6 Å². The molecule has 0 aromatic heterocycles. The summed E-state index contributed by atoms with van der Waals surface area (Å²) in [7, 11) is 0. The zero-order valence-electron chi connectivity index (χ0n) is 8.03. The van der Waals surface area contributed by atoms with E-state index in [2.05, 4.69) is 0 Å². The number of rotatable bonds is 3. The van der Waals surface area contributed by atoms with Crippen molar-refractivity contribution < 1.29 is 22.7 Å². The van der Waals surface area contributed by atoms with Gasteiger partial charge in [0.2, 0.25) is 0 Å². The van der Waals surface area contributed by atoms with Gasteiger partial charge in [-0.25, -0.2) is 17.6 Å². The predicted octanol–water partition coefficient (Wildman–Crippen LogP) is 2.56. The highest BCUT2D eigenvalue weighted by Crippen LogP contribution is 2.20. The Morgan fingerprint density at radius 2 is 1.60 bits per heavy atom. The number of aliphatic hydroxyl groups is 1. The fraction of sp³-hybridized carbons (Fsp3) is 0.400. The maximum atomic E-state index is 13.0. The van der Waals surface area contributed by atoms with Crippen LogP contribution >= 0.6 is 0 Å². The van der Waals surface area contributed by atoms with Crippen molar-refractivity contribution in [3.63, 3.8) is 0 Å². The molecule has 5 heteroatoms. The second kappa shape index (κ2) is 4.61. The van der Waals surface area contributed by atoms with Crippen LogP contribution in [-0.4, -0.2) is 11.2 Å². The van der Waals surface area contributed by atoms with Crippen LogP contribution in [-0.2, 0) is 6.42 Å². The summed E-state index contributed by atoms with van der Waals surface area (Å²) in [5, 5.41) is 8.90. The molecule has 0 saturated carbocycles. The molecule has 15 heavy (non-hydrogen) atoms. The maximum absolute atomic E-state index is 13.0. The third kappa shape index (κ3) is 2.68. The molecule has 1 aromatic rings. The monoisotopic (exact) mass is 222 g/mol.